The van der Waals surface area contributed by atoms with Gasteiger partial charge in [-0.2, -0.15) is 5.06 Å². The van der Waals surface area contributed by atoms with Crippen LogP contribution in [0.5, 0.6) is 0 Å². The third kappa shape index (κ3) is 4.07. The third-order valence-corrected chi connectivity index (χ3v) is 2.19. The molecule has 0 radical (unpaired) electrons. The number of carbonyl (C=O) groups is 1. The standard InChI is InChI=1S/C13H19NO3/c1-10(11-8-6-5-7-9-11)14(12(15)16)17-13(2,3)4/h5-10H,1-4H3,(H,15,16). The SMILES string of the molecule is CC(c1ccccc1)N(OC(C)(C)C)C(=O)O. The van der Waals surface area contributed by atoms with E-state index in [1.807, 2.05) is 51.1 Å². The molecule has 1 amide bonds. The second-order valence-corrected chi connectivity index (χ2v) is 4.90. The number of hydroxylamine groups is 2. The van der Waals surface area contributed by atoms with E-state index in [0.717, 1.165) is 10.6 Å². The van der Waals surface area contributed by atoms with Crippen LogP contribution in [-0.4, -0.2) is 21.9 Å². The molecule has 0 aromatic heterocycles. The molecule has 0 aliphatic heterocycles. The molecule has 1 N–H and O–H groups in total. The van der Waals surface area contributed by atoms with Gasteiger partial charge in [0, 0.05) is 0 Å². The van der Waals surface area contributed by atoms with Gasteiger partial charge in [-0.1, -0.05) is 30.3 Å². The van der Waals surface area contributed by atoms with Crippen molar-refractivity contribution >= 4 is 6.09 Å². The molecule has 1 rings (SSSR count). The highest BCUT2D eigenvalue weighted by atomic mass is 16.7. The number of rotatable bonds is 3. The molecule has 4 nitrogen and oxygen atoms in total. The highest BCUT2D eigenvalue weighted by Crippen LogP contribution is 2.23. The van der Waals surface area contributed by atoms with Gasteiger partial charge in [0.1, 0.15) is 0 Å². The van der Waals surface area contributed by atoms with E-state index in [0.29, 0.717) is 0 Å². The van der Waals surface area contributed by atoms with Gasteiger partial charge in [0.05, 0.1) is 11.6 Å². The fourth-order valence-corrected chi connectivity index (χ4v) is 1.45. The van der Waals surface area contributed by atoms with Crippen LogP contribution in [0.25, 0.3) is 0 Å². The summed E-state index contributed by atoms with van der Waals surface area (Å²) in [7, 11) is 0. The van der Waals surface area contributed by atoms with Crippen molar-refractivity contribution in [2.24, 2.45) is 0 Å². The minimum atomic E-state index is -1.09. The van der Waals surface area contributed by atoms with E-state index in [9.17, 15) is 4.79 Å². The van der Waals surface area contributed by atoms with Gasteiger partial charge in [0.15, 0.2) is 0 Å². The molecule has 1 aromatic rings. The first-order valence-electron chi connectivity index (χ1n) is 5.57. The number of nitrogens with zero attached hydrogens (tertiary/aromatic N) is 1. The molecule has 1 atom stereocenters. The summed E-state index contributed by atoms with van der Waals surface area (Å²) in [5.41, 5.74) is 0.362. The molecule has 94 valence electrons. The Balaban J connectivity index is 2.89. The molecule has 0 bridgehead atoms. The average molecular weight is 237 g/mol. The first-order valence-corrected chi connectivity index (χ1v) is 5.57. The number of carboxylic acid groups (broad SMARTS) is 1. The maximum atomic E-state index is 11.2. The first-order chi connectivity index (χ1) is 7.81. The second-order valence-electron chi connectivity index (χ2n) is 4.90. The Labute approximate surface area is 102 Å². The molecule has 0 fully saturated rings. The number of benzene rings is 1. The third-order valence-electron chi connectivity index (χ3n) is 2.19. The maximum Gasteiger partial charge on any atom is 0.432 e. The molecule has 0 aliphatic carbocycles. The minimum absolute atomic E-state index is 0.340. The van der Waals surface area contributed by atoms with Crippen LogP contribution in [0.1, 0.15) is 39.3 Å². The summed E-state index contributed by atoms with van der Waals surface area (Å²) >= 11 is 0. The molecular formula is C13H19NO3. The monoisotopic (exact) mass is 237 g/mol. The molecular weight excluding hydrogens is 218 g/mol. The van der Waals surface area contributed by atoms with Crippen molar-refractivity contribution in [2.75, 3.05) is 0 Å². The van der Waals surface area contributed by atoms with E-state index in [4.69, 9.17) is 9.94 Å². The van der Waals surface area contributed by atoms with Crippen molar-refractivity contribution in [3.8, 4) is 0 Å². The minimum Gasteiger partial charge on any atom is -0.463 e. The van der Waals surface area contributed by atoms with Crippen LogP contribution < -0.4 is 0 Å². The van der Waals surface area contributed by atoms with Crippen LogP contribution in [0.4, 0.5) is 4.79 Å². The van der Waals surface area contributed by atoms with E-state index < -0.39 is 11.7 Å². The van der Waals surface area contributed by atoms with Crippen molar-refractivity contribution in [3.63, 3.8) is 0 Å². The van der Waals surface area contributed by atoms with Gasteiger partial charge in [-0.25, -0.2) is 4.79 Å². The maximum absolute atomic E-state index is 11.2. The van der Waals surface area contributed by atoms with E-state index >= 15 is 0 Å². The molecule has 0 saturated carbocycles. The molecule has 4 heteroatoms. The van der Waals surface area contributed by atoms with Gasteiger partial charge in [-0.05, 0) is 33.3 Å². The summed E-state index contributed by atoms with van der Waals surface area (Å²) in [6.07, 6.45) is -1.09. The molecule has 0 heterocycles. The summed E-state index contributed by atoms with van der Waals surface area (Å²) in [5.74, 6) is 0. The highest BCUT2D eigenvalue weighted by molar-refractivity contribution is 5.64. The van der Waals surface area contributed by atoms with Crippen molar-refractivity contribution < 1.29 is 14.7 Å². The molecule has 0 saturated heterocycles. The van der Waals surface area contributed by atoms with Crippen molar-refractivity contribution in [1.82, 2.24) is 5.06 Å². The summed E-state index contributed by atoms with van der Waals surface area (Å²) in [6.45, 7) is 7.26. The van der Waals surface area contributed by atoms with E-state index in [1.54, 1.807) is 6.92 Å². The van der Waals surface area contributed by atoms with Crippen LogP contribution in [0.3, 0.4) is 0 Å². The van der Waals surface area contributed by atoms with Crippen LogP contribution in [0.2, 0.25) is 0 Å². The normalized spacial score (nSPS) is 13.2. The summed E-state index contributed by atoms with van der Waals surface area (Å²) in [4.78, 5) is 16.6. The molecule has 0 aliphatic rings. The van der Waals surface area contributed by atoms with E-state index in [1.165, 1.54) is 0 Å². The Morgan fingerprint density at radius 3 is 2.24 bits per heavy atom. The van der Waals surface area contributed by atoms with Crippen LogP contribution in [-0.2, 0) is 4.84 Å². The van der Waals surface area contributed by atoms with Crippen LogP contribution in [0, 0.1) is 0 Å². The lowest BCUT2D eigenvalue weighted by molar-refractivity contribution is -0.221. The van der Waals surface area contributed by atoms with Crippen molar-refractivity contribution in [2.45, 2.75) is 39.3 Å². The Bertz CT molecular complexity index is 370. The molecule has 0 spiro atoms. The number of amides is 1. The Morgan fingerprint density at radius 2 is 1.82 bits per heavy atom. The van der Waals surface area contributed by atoms with Crippen LogP contribution in [0.15, 0.2) is 30.3 Å². The lowest BCUT2D eigenvalue weighted by atomic mass is 10.1. The van der Waals surface area contributed by atoms with Gasteiger partial charge < -0.3 is 5.11 Å². The lowest BCUT2D eigenvalue weighted by Crippen LogP contribution is -2.39. The molecule has 17 heavy (non-hydrogen) atoms. The average Bonchev–Trinajstić information content (AvgIpc) is 2.25. The smallest absolute Gasteiger partial charge is 0.432 e. The zero-order valence-corrected chi connectivity index (χ0v) is 10.7. The second kappa shape index (κ2) is 5.19. The fourth-order valence-electron chi connectivity index (χ4n) is 1.45. The summed E-state index contributed by atoms with van der Waals surface area (Å²) in [6, 6.07) is 9.07. The van der Waals surface area contributed by atoms with Gasteiger partial charge in [0.25, 0.3) is 0 Å². The predicted octanol–water partition coefficient (Wildman–Crippen LogP) is 3.46. The molecule has 1 unspecified atom stereocenters. The van der Waals surface area contributed by atoms with Gasteiger partial charge in [0.2, 0.25) is 0 Å². The number of hydrogen-bond donors (Lipinski definition) is 1. The Morgan fingerprint density at radius 1 is 1.29 bits per heavy atom. The van der Waals surface area contributed by atoms with E-state index in [2.05, 4.69) is 0 Å². The van der Waals surface area contributed by atoms with Crippen molar-refractivity contribution in [1.29, 1.82) is 0 Å². The topological polar surface area (TPSA) is 49.8 Å². The zero-order valence-electron chi connectivity index (χ0n) is 10.7. The lowest BCUT2D eigenvalue weighted by Gasteiger charge is -2.32. The van der Waals surface area contributed by atoms with Gasteiger partial charge >= 0.3 is 6.09 Å². The summed E-state index contributed by atoms with van der Waals surface area (Å²) < 4.78 is 0. The Hall–Kier alpha value is -1.55. The zero-order chi connectivity index (χ0) is 13.1. The number of hydrogen-bond acceptors (Lipinski definition) is 2. The predicted molar refractivity (Wildman–Crippen MR) is 65.6 cm³/mol. The van der Waals surface area contributed by atoms with Gasteiger partial charge in [-0.3, -0.25) is 4.84 Å². The fraction of sp³-hybridized carbons (Fsp3) is 0.462. The largest absolute Gasteiger partial charge is 0.463 e. The quantitative estimate of drug-likeness (QED) is 0.819. The molecule has 1 aromatic carbocycles. The van der Waals surface area contributed by atoms with Crippen molar-refractivity contribution in [3.05, 3.63) is 35.9 Å². The highest BCUT2D eigenvalue weighted by Gasteiger charge is 2.27. The Kier molecular flexibility index (Phi) is 4.12. The summed E-state index contributed by atoms with van der Waals surface area (Å²) in [5, 5.41) is 10.2. The van der Waals surface area contributed by atoms with Gasteiger partial charge in [-0.15, -0.1) is 0 Å². The van der Waals surface area contributed by atoms with Crippen LogP contribution >= 0.6 is 0 Å². The first kappa shape index (κ1) is 13.5. The van der Waals surface area contributed by atoms with E-state index in [-0.39, 0.29) is 6.04 Å².